The summed E-state index contributed by atoms with van der Waals surface area (Å²) in [6, 6.07) is 9.89. The highest BCUT2D eigenvalue weighted by Crippen LogP contribution is 2.32. The zero-order valence-electron chi connectivity index (χ0n) is 22.0. The van der Waals surface area contributed by atoms with Crippen LogP contribution < -0.4 is 15.5 Å². The van der Waals surface area contributed by atoms with Crippen LogP contribution in [0.3, 0.4) is 0 Å². The van der Waals surface area contributed by atoms with Gasteiger partial charge >= 0.3 is 0 Å². The lowest BCUT2D eigenvalue weighted by Crippen LogP contribution is -2.51. The molecule has 0 radical (unpaired) electrons. The van der Waals surface area contributed by atoms with Gasteiger partial charge in [0.05, 0.1) is 25.4 Å². The highest BCUT2D eigenvalue weighted by atomic mass is 16.5. The van der Waals surface area contributed by atoms with Crippen LogP contribution in [-0.2, 0) is 19.7 Å². The van der Waals surface area contributed by atoms with Crippen LogP contribution in [0.5, 0.6) is 0 Å². The summed E-state index contributed by atoms with van der Waals surface area (Å²) in [6.45, 7) is 11.0. The van der Waals surface area contributed by atoms with Crippen molar-refractivity contribution in [3.8, 4) is 0 Å². The summed E-state index contributed by atoms with van der Waals surface area (Å²) < 4.78 is 5.41. The second-order valence-corrected chi connectivity index (χ2v) is 10.8. The van der Waals surface area contributed by atoms with Gasteiger partial charge in [-0.25, -0.2) is 0 Å². The Morgan fingerprint density at radius 3 is 2.54 bits per heavy atom. The molecular weight excluding hydrogens is 470 g/mol. The molecule has 1 aromatic carbocycles. The van der Waals surface area contributed by atoms with E-state index in [0.29, 0.717) is 50.5 Å². The largest absolute Gasteiger partial charge is 0.392 e. The van der Waals surface area contributed by atoms with E-state index in [1.807, 2.05) is 30.3 Å². The van der Waals surface area contributed by atoms with E-state index in [2.05, 4.69) is 41.3 Å². The number of aliphatic hydroxyl groups is 1. The van der Waals surface area contributed by atoms with E-state index < -0.39 is 18.2 Å². The minimum absolute atomic E-state index is 0.0515. The van der Waals surface area contributed by atoms with Crippen LogP contribution in [0, 0.1) is 0 Å². The fourth-order valence-corrected chi connectivity index (χ4v) is 4.81. The van der Waals surface area contributed by atoms with Crippen LogP contribution in [0.25, 0.3) is 0 Å². The van der Waals surface area contributed by atoms with E-state index >= 15 is 0 Å². The van der Waals surface area contributed by atoms with Crippen molar-refractivity contribution in [3.63, 3.8) is 0 Å². The molecule has 3 unspecified atom stereocenters. The molecule has 0 bridgehead atoms. The van der Waals surface area contributed by atoms with Gasteiger partial charge in [-0.2, -0.15) is 0 Å². The van der Waals surface area contributed by atoms with Crippen molar-refractivity contribution in [1.82, 2.24) is 20.5 Å². The van der Waals surface area contributed by atoms with E-state index in [1.54, 1.807) is 23.4 Å². The van der Waals surface area contributed by atoms with Crippen LogP contribution in [0.1, 0.15) is 44.4 Å². The Kier molecular flexibility index (Phi) is 8.91. The number of rotatable bonds is 8. The van der Waals surface area contributed by atoms with Gasteiger partial charge < -0.3 is 20.5 Å². The summed E-state index contributed by atoms with van der Waals surface area (Å²) in [5.74, 6) is -0.523. The van der Waals surface area contributed by atoms with Crippen molar-refractivity contribution in [3.05, 3.63) is 59.9 Å². The summed E-state index contributed by atoms with van der Waals surface area (Å²) in [6.07, 6.45) is 2.98. The zero-order valence-corrected chi connectivity index (χ0v) is 22.0. The number of carbonyl (C=O) groups excluding carboxylic acids is 2. The quantitative estimate of drug-likeness (QED) is 0.497. The summed E-state index contributed by atoms with van der Waals surface area (Å²) in [5, 5.41) is 16.3. The third-order valence-corrected chi connectivity index (χ3v) is 6.99. The summed E-state index contributed by atoms with van der Waals surface area (Å²) in [5.41, 5.74) is 2.33. The Morgan fingerprint density at radius 1 is 1.22 bits per heavy atom. The van der Waals surface area contributed by atoms with Crippen molar-refractivity contribution in [2.24, 2.45) is 0 Å². The lowest BCUT2D eigenvalue weighted by molar-refractivity contribution is -0.127. The molecule has 2 amide bonds. The minimum Gasteiger partial charge on any atom is -0.392 e. The summed E-state index contributed by atoms with van der Waals surface area (Å²) >= 11 is 0. The van der Waals surface area contributed by atoms with Crippen molar-refractivity contribution in [1.29, 1.82) is 0 Å². The minimum atomic E-state index is -0.911. The summed E-state index contributed by atoms with van der Waals surface area (Å²) in [4.78, 5) is 35.8. The number of aliphatic hydroxyl groups excluding tert-OH is 1. The topological polar surface area (TPSA) is 107 Å². The molecule has 2 aromatic rings. The van der Waals surface area contributed by atoms with Crippen LogP contribution in [-0.4, -0.2) is 84.9 Å². The molecule has 2 saturated heterocycles. The number of hydrogen-bond donors (Lipinski definition) is 3. The molecule has 4 rings (SSSR count). The number of β-amino-alcohol motifs (C(OH)–C–C–N with tert-alkyl or cyclic N) is 1. The number of nitrogens with one attached hydrogen (secondary N) is 2. The molecule has 0 spiro atoms. The van der Waals surface area contributed by atoms with Gasteiger partial charge in [0, 0.05) is 56.4 Å². The average Bonchev–Trinajstić information content (AvgIpc) is 3.34. The van der Waals surface area contributed by atoms with Crippen molar-refractivity contribution in [2.75, 3.05) is 50.8 Å². The number of nitrogens with zero attached hydrogens (tertiary/aromatic N) is 3. The number of hydrogen-bond acceptors (Lipinski definition) is 7. The van der Waals surface area contributed by atoms with Crippen molar-refractivity contribution < 1.29 is 19.4 Å². The number of morpholine rings is 1. The molecule has 0 saturated carbocycles. The SMILES string of the molecule is CC(C)(C)c1ccc(N(C(=O)C2CC(O)CN2)C(C(=O)NCCN2CCOCC2)c2cccnc2)cc1. The smallest absolute Gasteiger partial charge is 0.247 e. The normalized spacial score (nSPS) is 21.4. The van der Waals surface area contributed by atoms with Gasteiger partial charge in [-0.3, -0.25) is 24.4 Å². The van der Waals surface area contributed by atoms with Gasteiger partial charge in [-0.1, -0.05) is 39.0 Å². The van der Waals surface area contributed by atoms with E-state index in [4.69, 9.17) is 4.74 Å². The van der Waals surface area contributed by atoms with E-state index in [0.717, 1.165) is 18.7 Å². The summed E-state index contributed by atoms with van der Waals surface area (Å²) in [7, 11) is 0. The predicted octanol–water partition coefficient (Wildman–Crippen LogP) is 1.62. The zero-order chi connectivity index (χ0) is 26.4. The highest BCUT2D eigenvalue weighted by Gasteiger charge is 2.39. The Bertz CT molecular complexity index is 1030. The third-order valence-electron chi connectivity index (χ3n) is 6.99. The molecule has 9 nitrogen and oxygen atoms in total. The Morgan fingerprint density at radius 2 is 1.95 bits per heavy atom. The highest BCUT2D eigenvalue weighted by molar-refractivity contribution is 6.03. The van der Waals surface area contributed by atoms with Crippen molar-refractivity contribution >= 4 is 17.5 Å². The van der Waals surface area contributed by atoms with Crippen molar-refractivity contribution in [2.45, 2.75) is 50.8 Å². The average molecular weight is 510 g/mol. The first-order valence-corrected chi connectivity index (χ1v) is 13.1. The molecule has 37 heavy (non-hydrogen) atoms. The first-order chi connectivity index (χ1) is 17.7. The molecule has 0 aliphatic carbocycles. The third kappa shape index (κ3) is 6.93. The molecule has 3 atom stereocenters. The Hall–Kier alpha value is -2.85. The fraction of sp³-hybridized carbons (Fsp3) is 0.536. The first kappa shape index (κ1) is 27.2. The maximum atomic E-state index is 13.9. The lowest BCUT2D eigenvalue weighted by Gasteiger charge is -2.34. The van der Waals surface area contributed by atoms with E-state index in [9.17, 15) is 14.7 Å². The predicted molar refractivity (Wildman–Crippen MR) is 142 cm³/mol. The van der Waals surface area contributed by atoms with Gasteiger partial charge in [-0.05, 0) is 35.6 Å². The fourth-order valence-electron chi connectivity index (χ4n) is 4.81. The molecule has 1 aromatic heterocycles. The first-order valence-electron chi connectivity index (χ1n) is 13.1. The molecule has 9 heteroatoms. The number of amides is 2. The molecule has 200 valence electrons. The molecule has 3 N–H and O–H groups in total. The van der Waals surface area contributed by atoms with Gasteiger partial charge in [0.15, 0.2) is 0 Å². The number of pyridine rings is 1. The molecule has 3 heterocycles. The molecule has 2 aliphatic heterocycles. The number of carbonyl (C=O) groups is 2. The number of ether oxygens (including phenoxy) is 1. The Labute approximate surface area is 219 Å². The second-order valence-electron chi connectivity index (χ2n) is 10.8. The molecule has 2 fully saturated rings. The monoisotopic (exact) mass is 509 g/mol. The Balaban J connectivity index is 1.65. The standard InChI is InChI=1S/C28H39N5O4/c1-28(2,3)21-6-8-22(9-7-21)33(27(36)24-17-23(34)19-31-24)25(20-5-4-10-29-18-20)26(35)30-11-12-32-13-15-37-16-14-32/h4-10,18,23-25,31,34H,11-17,19H2,1-3H3,(H,30,35). The van der Waals surface area contributed by atoms with Crippen LogP contribution in [0.2, 0.25) is 0 Å². The van der Waals surface area contributed by atoms with Crippen LogP contribution in [0.15, 0.2) is 48.8 Å². The van der Waals surface area contributed by atoms with Gasteiger partial charge in [0.1, 0.15) is 6.04 Å². The van der Waals surface area contributed by atoms with Gasteiger partial charge in [0.2, 0.25) is 11.8 Å². The molecular formula is C28H39N5O4. The van der Waals surface area contributed by atoms with Gasteiger partial charge in [-0.15, -0.1) is 0 Å². The number of anilines is 1. The maximum Gasteiger partial charge on any atom is 0.247 e. The van der Waals surface area contributed by atoms with Gasteiger partial charge in [0.25, 0.3) is 0 Å². The second kappa shape index (κ2) is 12.1. The van der Waals surface area contributed by atoms with Crippen LogP contribution >= 0.6 is 0 Å². The number of aromatic nitrogens is 1. The maximum absolute atomic E-state index is 13.9. The lowest BCUT2D eigenvalue weighted by atomic mass is 9.87. The molecule has 2 aliphatic rings. The number of benzene rings is 1. The van der Waals surface area contributed by atoms with E-state index in [1.165, 1.54) is 0 Å². The van der Waals surface area contributed by atoms with E-state index in [-0.39, 0.29) is 17.2 Å². The van der Waals surface area contributed by atoms with Crippen LogP contribution in [0.4, 0.5) is 5.69 Å².